The molecule has 0 aromatic heterocycles. The Bertz CT molecular complexity index is 595. The van der Waals surface area contributed by atoms with E-state index >= 15 is 0 Å². The Morgan fingerprint density at radius 2 is 2.26 bits per heavy atom. The molecule has 0 bridgehead atoms. The van der Waals surface area contributed by atoms with E-state index in [2.05, 4.69) is 10.6 Å². The number of hydrogen-bond donors (Lipinski definition) is 2. The molecule has 0 spiro atoms. The maximum absolute atomic E-state index is 13.7. The smallest absolute Gasteiger partial charge is 0.238 e. The van der Waals surface area contributed by atoms with Crippen LogP contribution in [0.3, 0.4) is 0 Å². The van der Waals surface area contributed by atoms with Crippen molar-refractivity contribution in [3.63, 3.8) is 0 Å². The number of nitrogens with zero attached hydrogens (tertiary/aromatic N) is 1. The Kier molecular flexibility index (Phi) is 5.96. The fourth-order valence-electron chi connectivity index (χ4n) is 2.52. The highest BCUT2D eigenvalue weighted by Crippen LogP contribution is 2.19. The van der Waals surface area contributed by atoms with Gasteiger partial charge in [-0.25, -0.2) is 4.39 Å². The van der Waals surface area contributed by atoms with Gasteiger partial charge in [0.1, 0.15) is 5.82 Å². The van der Waals surface area contributed by atoms with Crippen molar-refractivity contribution in [2.45, 2.75) is 38.8 Å². The van der Waals surface area contributed by atoms with Crippen molar-refractivity contribution < 1.29 is 14.0 Å². The average molecular weight is 342 g/mol. The van der Waals surface area contributed by atoms with Crippen LogP contribution in [-0.4, -0.2) is 41.9 Å². The van der Waals surface area contributed by atoms with Crippen LogP contribution in [0.25, 0.3) is 0 Å². The van der Waals surface area contributed by atoms with Crippen LogP contribution in [0, 0.1) is 5.82 Å². The van der Waals surface area contributed by atoms with E-state index in [9.17, 15) is 14.0 Å². The molecule has 23 heavy (non-hydrogen) atoms. The summed E-state index contributed by atoms with van der Waals surface area (Å²) in [6, 6.07) is 4.31. The Balaban J connectivity index is 1.93. The molecule has 2 amide bonds. The summed E-state index contributed by atoms with van der Waals surface area (Å²) in [6.45, 7) is 4.69. The molecule has 5 nitrogen and oxygen atoms in total. The van der Waals surface area contributed by atoms with E-state index in [1.807, 2.05) is 18.7 Å². The van der Waals surface area contributed by atoms with E-state index < -0.39 is 5.82 Å². The molecule has 7 heteroatoms. The first-order valence-electron chi connectivity index (χ1n) is 7.63. The number of halogens is 2. The van der Waals surface area contributed by atoms with Crippen molar-refractivity contribution in [3.05, 3.63) is 29.0 Å². The van der Waals surface area contributed by atoms with Gasteiger partial charge in [-0.15, -0.1) is 0 Å². The Morgan fingerprint density at radius 3 is 2.83 bits per heavy atom. The third-order valence-corrected chi connectivity index (χ3v) is 4.06. The van der Waals surface area contributed by atoms with Gasteiger partial charge in [0.15, 0.2) is 0 Å². The topological polar surface area (TPSA) is 61.4 Å². The zero-order valence-electron chi connectivity index (χ0n) is 13.2. The SMILES string of the molecule is CC(C)N(CC(=O)Nc1ccc(Cl)cc1F)C[C@H]1CCC(=O)N1. The lowest BCUT2D eigenvalue weighted by molar-refractivity contribution is -0.119. The predicted molar refractivity (Wildman–Crippen MR) is 87.9 cm³/mol. The fraction of sp³-hybridized carbons (Fsp3) is 0.500. The van der Waals surface area contributed by atoms with E-state index in [0.717, 1.165) is 12.5 Å². The number of carbonyl (C=O) groups excluding carboxylic acids is 2. The molecule has 1 saturated heterocycles. The summed E-state index contributed by atoms with van der Waals surface area (Å²) in [5.74, 6) is -0.819. The minimum atomic E-state index is -0.565. The van der Waals surface area contributed by atoms with Crippen molar-refractivity contribution in [2.75, 3.05) is 18.4 Å². The quantitative estimate of drug-likeness (QED) is 0.835. The van der Waals surface area contributed by atoms with Gasteiger partial charge in [-0.3, -0.25) is 14.5 Å². The second kappa shape index (κ2) is 7.75. The van der Waals surface area contributed by atoms with E-state index in [1.165, 1.54) is 12.1 Å². The molecule has 0 saturated carbocycles. The van der Waals surface area contributed by atoms with Gasteiger partial charge >= 0.3 is 0 Å². The molecule has 0 radical (unpaired) electrons. The number of carbonyl (C=O) groups is 2. The fourth-order valence-corrected chi connectivity index (χ4v) is 2.68. The summed E-state index contributed by atoms with van der Waals surface area (Å²) in [7, 11) is 0. The van der Waals surface area contributed by atoms with Gasteiger partial charge < -0.3 is 10.6 Å². The lowest BCUT2D eigenvalue weighted by Crippen LogP contribution is -2.45. The third-order valence-electron chi connectivity index (χ3n) is 3.82. The Labute approximate surface area is 140 Å². The highest BCUT2D eigenvalue weighted by atomic mass is 35.5. The first-order chi connectivity index (χ1) is 10.8. The first-order valence-corrected chi connectivity index (χ1v) is 8.01. The molecule has 2 N–H and O–H groups in total. The van der Waals surface area contributed by atoms with Gasteiger partial charge in [-0.1, -0.05) is 11.6 Å². The second-order valence-electron chi connectivity index (χ2n) is 6.00. The lowest BCUT2D eigenvalue weighted by atomic mass is 10.2. The molecule has 126 valence electrons. The lowest BCUT2D eigenvalue weighted by Gasteiger charge is -2.28. The summed E-state index contributed by atoms with van der Waals surface area (Å²) >= 11 is 5.69. The van der Waals surface area contributed by atoms with Crippen LogP contribution in [0.5, 0.6) is 0 Å². The van der Waals surface area contributed by atoms with Crippen molar-refractivity contribution in [3.8, 4) is 0 Å². The van der Waals surface area contributed by atoms with Gasteiger partial charge in [0.25, 0.3) is 0 Å². The number of amides is 2. The van der Waals surface area contributed by atoms with Crippen molar-refractivity contribution in [1.29, 1.82) is 0 Å². The largest absolute Gasteiger partial charge is 0.352 e. The normalized spacial score (nSPS) is 17.7. The first kappa shape index (κ1) is 17.7. The minimum Gasteiger partial charge on any atom is -0.352 e. The molecule has 1 atom stereocenters. The molecule has 0 aliphatic carbocycles. The van der Waals surface area contributed by atoms with Crippen molar-refractivity contribution in [2.24, 2.45) is 0 Å². The summed E-state index contributed by atoms with van der Waals surface area (Å²) in [5, 5.41) is 5.72. The van der Waals surface area contributed by atoms with Crippen molar-refractivity contribution >= 4 is 29.1 Å². The van der Waals surface area contributed by atoms with Gasteiger partial charge in [-0.05, 0) is 38.5 Å². The molecule has 2 rings (SSSR count). The zero-order chi connectivity index (χ0) is 17.0. The van der Waals surface area contributed by atoms with E-state index in [4.69, 9.17) is 11.6 Å². The zero-order valence-corrected chi connectivity index (χ0v) is 14.0. The molecule has 1 aliphatic rings. The summed E-state index contributed by atoms with van der Waals surface area (Å²) in [5.41, 5.74) is 0.109. The van der Waals surface area contributed by atoms with E-state index in [0.29, 0.717) is 13.0 Å². The molecule has 1 aromatic carbocycles. The van der Waals surface area contributed by atoms with Gasteiger partial charge in [0.2, 0.25) is 11.8 Å². The van der Waals surface area contributed by atoms with Crippen LogP contribution in [0.2, 0.25) is 5.02 Å². The minimum absolute atomic E-state index is 0.0476. The number of hydrogen-bond acceptors (Lipinski definition) is 3. The third kappa shape index (κ3) is 5.18. The van der Waals surface area contributed by atoms with Crippen LogP contribution >= 0.6 is 11.6 Å². The maximum atomic E-state index is 13.7. The molecule has 1 heterocycles. The molecule has 1 aliphatic heterocycles. The number of rotatable bonds is 6. The summed E-state index contributed by atoms with van der Waals surface area (Å²) < 4.78 is 13.7. The van der Waals surface area contributed by atoms with Crippen molar-refractivity contribution in [1.82, 2.24) is 10.2 Å². The molecule has 1 aromatic rings. The molecular weight excluding hydrogens is 321 g/mol. The second-order valence-corrected chi connectivity index (χ2v) is 6.44. The number of nitrogens with one attached hydrogen (secondary N) is 2. The van der Waals surface area contributed by atoms with Gasteiger partial charge in [-0.2, -0.15) is 0 Å². The monoisotopic (exact) mass is 341 g/mol. The van der Waals surface area contributed by atoms with Crippen LogP contribution < -0.4 is 10.6 Å². The highest BCUT2D eigenvalue weighted by Gasteiger charge is 2.25. The van der Waals surface area contributed by atoms with Crippen LogP contribution in [0.4, 0.5) is 10.1 Å². The predicted octanol–water partition coefficient (Wildman–Crippen LogP) is 2.41. The van der Waals surface area contributed by atoms with Crippen LogP contribution in [0.1, 0.15) is 26.7 Å². The molecule has 1 fully saturated rings. The highest BCUT2D eigenvalue weighted by molar-refractivity contribution is 6.30. The summed E-state index contributed by atoms with van der Waals surface area (Å²) in [6.07, 6.45) is 1.30. The Hall–Kier alpha value is -1.66. The van der Waals surface area contributed by atoms with Crippen LogP contribution in [-0.2, 0) is 9.59 Å². The van der Waals surface area contributed by atoms with Gasteiger partial charge in [0, 0.05) is 30.1 Å². The Morgan fingerprint density at radius 1 is 1.52 bits per heavy atom. The molecular formula is C16H21ClFN3O2. The number of benzene rings is 1. The van der Waals surface area contributed by atoms with Gasteiger partial charge in [0.05, 0.1) is 12.2 Å². The standard InChI is InChI=1S/C16H21ClFN3O2/c1-10(2)21(8-12-4-6-15(22)19-12)9-16(23)20-14-5-3-11(17)7-13(14)18/h3,5,7,10,12H,4,6,8-9H2,1-2H3,(H,19,22)(H,20,23)/t12-/m1/s1. The average Bonchev–Trinajstić information content (AvgIpc) is 2.86. The molecule has 0 unspecified atom stereocenters. The summed E-state index contributed by atoms with van der Waals surface area (Å²) in [4.78, 5) is 25.4. The van der Waals surface area contributed by atoms with E-state index in [-0.39, 0.29) is 41.2 Å². The van der Waals surface area contributed by atoms with E-state index in [1.54, 1.807) is 0 Å². The number of anilines is 1. The maximum Gasteiger partial charge on any atom is 0.238 e. The van der Waals surface area contributed by atoms with Crippen LogP contribution in [0.15, 0.2) is 18.2 Å².